The number of hydrogen-bond acceptors (Lipinski definition) is 6. The molecule has 0 aliphatic carbocycles. The Morgan fingerprint density at radius 1 is 1.16 bits per heavy atom. The number of benzene rings is 2. The lowest BCUT2D eigenvalue weighted by atomic mass is 10.1. The van der Waals surface area contributed by atoms with E-state index in [9.17, 15) is 13.8 Å². The molecule has 162 valence electrons. The highest BCUT2D eigenvalue weighted by atomic mass is 32.2. The number of carbonyl (C=O) groups is 2. The third kappa shape index (κ3) is 4.54. The van der Waals surface area contributed by atoms with Crippen LogP contribution in [-0.2, 0) is 14.5 Å². The van der Waals surface area contributed by atoms with E-state index < -0.39 is 15.7 Å². The predicted octanol–water partition coefficient (Wildman–Crippen LogP) is 3.72. The number of hydrogen-bond donors (Lipinski definition) is 1. The summed E-state index contributed by atoms with van der Waals surface area (Å²) in [6, 6.07) is 16.7. The predicted molar refractivity (Wildman–Crippen MR) is 128 cm³/mol. The minimum Gasteiger partial charge on any atom is -0.422 e. The van der Waals surface area contributed by atoms with E-state index >= 15 is 0 Å². The lowest BCUT2D eigenvalue weighted by Gasteiger charge is -2.12. The molecule has 1 unspecified atom stereocenters. The van der Waals surface area contributed by atoms with Crippen LogP contribution in [-0.4, -0.2) is 27.7 Å². The normalized spacial score (nSPS) is 16.7. The van der Waals surface area contributed by atoms with Gasteiger partial charge in [0.1, 0.15) is 10.6 Å². The Labute approximate surface area is 189 Å². The molecule has 1 aliphatic heterocycles. The number of esters is 1. The van der Waals surface area contributed by atoms with Crippen molar-refractivity contribution in [3.05, 3.63) is 82.1 Å². The molecular formula is C23H19N3O4S2. The van der Waals surface area contributed by atoms with Gasteiger partial charge in [-0.15, -0.1) is 11.3 Å². The Balaban J connectivity index is 1.50. The molecule has 0 bridgehead atoms. The second-order valence-corrected chi connectivity index (χ2v) is 9.89. The molecule has 0 fully saturated rings. The minimum absolute atomic E-state index is 0.286. The second kappa shape index (κ2) is 8.54. The zero-order chi connectivity index (χ0) is 22.9. The van der Waals surface area contributed by atoms with Crippen molar-refractivity contribution < 1.29 is 18.5 Å². The summed E-state index contributed by atoms with van der Waals surface area (Å²) in [5.41, 5.74) is 2.29. The lowest BCUT2D eigenvalue weighted by Crippen LogP contribution is -2.21. The third-order valence-electron chi connectivity index (χ3n) is 4.67. The number of amides is 1. The molecule has 2 N–H and O–H groups in total. The van der Waals surface area contributed by atoms with Crippen LogP contribution in [0.15, 0.2) is 81.6 Å². The quantitative estimate of drug-likeness (QED) is 0.268. The molecule has 32 heavy (non-hydrogen) atoms. The van der Waals surface area contributed by atoms with Gasteiger partial charge in [0, 0.05) is 4.90 Å². The number of nitrogens with two attached hydrogens (primary N) is 1. The molecule has 0 spiro atoms. The molecule has 1 atom stereocenters. The summed E-state index contributed by atoms with van der Waals surface area (Å²) >= 11 is 1.31. The highest BCUT2D eigenvalue weighted by Crippen LogP contribution is 2.26. The van der Waals surface area contributed by atoms with E-state index in [1.165, 1.54) is 16.3 Å². The number of ether oxygens (including phenoxy) is 1. The fourth-order valence-electron chi connectivity index (χ4n) is 3.03. The van der Waals surface area contributed by atoms with Gasteiger partial charge < -0.3 is 4.74 Å². The van der Waals surface area contributed by atoms with Crippen molar-refractivity contribution in [1.82, 2.24) is 0 Å². The first-order chi connectivity index (χ1) is 15.2. The van der Waals surface area contributed by atoms with Crippen molar-refractivity contribution >= 4 is 56.3 Å². The maximum absolute atomic E-state index is 12.9. The summed E-state index contributed by atoms with van der Waals surface area (Å²) in [7, 11) is -2.82. The molecule has 4 rings (SSSR count). The SMILES string of the molecule is C=S(N)(=O)c1ccc(N2N=C(C)/C(=C/c3ccc(OC(=O)c4cccs4)cc3)C2=O)cc1. The van der Waals surface area contributed by atoms with E-state index in [1.54, 1.807) is 73.7 Å². The summed E-state index contributed by atoms with van der Waals surface area (Å²) < 4.78 is 17.2. The van der Waals surface area contributed by atoms with Crippen molar-refractivity contribution in [3.8, 4) is 5.75 Å². The van der Waals surface area contributed by atoms with Crippen LogP contribution in [0.1, 0.15) is 22.2 Å². The number of hydrazone groups is 1. The molecule has 1 aliphatic rings. The smallest absolute Gasteiger partial charge is 0.353 e. The maximum atomic E-state index is 12.9. The molecule has 2 aromatic carbocycles. The van der Waals surface area contributed by atoms with Crippen LogP contribution >= 0.6 is 11.3 Å². The third-order valence-corrected chi connectivity index (χ3v) is 6.59. The Hall–Kier alpha value is -3.53. The molecule has 2 heterocycles. The van der Waals surface area contributed by atoms with E-state index in [-0.39, 0.29) is 5.91 Å². The lowest BCUT2D eigenvalue weighted by molar-refractivity contribution is -0.114. The number of nitrogens with zero attached hydrogens (tertiary/aromatic N) is 2. The Kier molecular flexibility index (Phi) is 5.79. The second-order valence-electron chi connectivity index (χ2n) is 7.02. The molecule has 0 saturated heterocycles. The number of rotatable bonds is 5. The van der Waals surface area contributed by atoms with Crippen molar-refractivity contribution in [2.45, 2.75) is 11.8 Å². The first kappa shape index (κ1) is 21.7. The Morgan fingerprint density at radius 3 is 2.44 bits per heavy atom. The van der Waals surface area contributed by atoms with Gasteiger partial charge in [0.2, 0.25) is 0 Å². The van der Waals surface area contributed by atoms with Crippen LogP contribution < -0.4 is 14.9 Å². The minimum atomic E-state index is -2.82. The monoisotopic (exact) mass is 465 g/mol. The molecule has 7 nitrogen and oxygen atoms in total. The first-order valence-corrected chi connectivity index (χ1v) is 12.1. The fourth-order valence-corrected chi connectivity index (χ4v) is 4.22. The van der Waals surface area contributed by atoms with Crippen molar-refractivity contribution in [3.63, 3.8) is 0 Å². The molecule has 1 aromatic heterocycles. The average Bonchev–Trinajstić information content (AvgIpc) is 3.39. The highest BCUT2D eigenvalue weighted by molar-refractivity contribution is 7.98. The van der Waals surface area contributed by atoms with Gasteiger partial charge in [-0.05, 0) is 72.3 Å². The van der Waals surface area contributed by atoms with E-state index in [1.807, 2.05) is 5.38 Å². The first-order valence-electron chi connectivity index (χ1n) is 9.45. The van der Waals surface area contributed by atoms with Crippen LogP contribution in [0.5, 0.6) is 5.75 Å². The van der Waals surface area contributed by atoms with E-state index in [0.29, 0.717) is 32.5 Å². The Morgan fingerprint density at radius 2 is 1.84 bits per heavy atom. The average molecular weight is 466 g/mol. The summed E-state index contributed by atoms with van der Waals surface area (Å²) in [5, 5.41) is 13.0. The van der Waals surface area contributed by atoms with Crippen LogP contribution in [0.2, 0.25) is 0 Å². The topological polar surface area (TPSA) is 102 Å². The van der Waals surface area contributed by atoms with E-state index in [4.69, 9.17) is 9.88 Å². The summed E-state index contributed by atoms with van der Waals surface area (Å²) in [4.78, 5) is 25.9. The highest BCUT2D eigenvalue weighted by Gasteiger charge is 2.28. The van der Waals surface area contributed by atoms with Gasteiger partial charge in [0.25, 0.3) is 5.91 Å². The van der Waals surface area contributed by atoms with Gasteiger partial charge in [0.05, 0.1) is 26.7 Å². The molecule has 0 saturated carbocycles. The van der Waals surface area contributed by atoms with Crippen LogP contribution in [0.4, 0.5) is 5.69 Å². The van der Waals surface area contributed by atoms with Gasteiger partial charge in [0.15, 0.2) is 0 Å². The van der Waals surface area contributed by atoms with Gasteiger partial charge in [-0.3, -0.25) is 9.93 Å². The van der Waals surface area contributed by atoms with E-state index in [2.05, 4.69) is 11.0 Å². The van der Waals surface area contributed by atoms with Gasteiger partial charge in [-0.1, -0.05) is 18.2 Å². The summed E-state index contributed by atoms with van der Waals surface area (Å²) in [5.74, 6) is 3.17. The van der Waals surface area contributed by atoms with Crippen molar-refractivity contribution in [2.24, 2.45) is 10.2 Å². The fraction of sp³-hybridized carbons (Fsp3) is 0.0435. The zero-order valence-corrected chi connectivity index (χ0v) is 18.7. The zero-order valence-electron chi connectivity index (χ0n) is 17.1. The Bertz CT molecular complexity index is 1340. The van der Waals surface area contributed by atoms with Gasteiger partial charge in [-0.25, -0.2) is 9.00 Å². The molecular weight excluding hydrogens is 446 g/mol. The van der Waals surface area contributed by atoms with E-state index in [0.717, 1.165) is 5.56 Å². The molecule has 0 radical (unpaired) electrons. The maximum Gasteiger partial charge on any atom is 0.353 e. The van der Waals surface area contributed by atoms with Crippen LogP contribution in [0.3, 0.4) is 0 Å². The van der Waals surface area contributed by atoms with Crippen LogP contribution in [0.25, 0.3) is 6.08 Å². The van der Waals surface area contributed by atoms with Crippen molar-refractivity contribution in [2.75, 3.05) is 5.01 Å². The largest absolute Gasteiger partial charge is 0.422 e. The van der Waals surface area contributed by atoms with Crippen LogP contribution in [0, 0.1) is 0 Å². The summed E-state index contributed by atoms with van der Waals surface area (Å²) in [6.07, 6.45) is 1.73. The molecule has 1 amide bonds. The van der Waals surface area contributed by atoms with Crippen molar-refractivity contribution in [1.29, 1.82) is 0 Å². The molecule has 9 heteroatoms. The van der Waals surface area contributed by atoms with Gasteiger partial charge >= 0.3 is 5.97 Å². The number of carbonyl (C=O) groups excluding carboxylic acids is 2. The molecule has 3 aromatic rings. The number of anilines is 1. The van der Waals surface area contributed by atoms with Gasteiger partial charge in [-0.2, -0.15) is 10.1 Å². The standard InChI is InChI=1S/C23H19N3O4S2/c1-15-20(22(27)26(25-15)17-7-11-19(12-8-17)32(2,24)29)14-16-5-9-18(10-6-16)30-23(28)21-4-3-13-31-21/h3-14H,2H2,1H3,(H2,24,29)/b20-14-. The summed E-state index contributed by atoms with van der Waals surface area (Å²) in [6.45, 7) is 1.75. The number of thiophene rings is 1.